The van der Waals surface area contributed by atoms with Crippen molar-refractivity contribution in [1.29, 1.82) is 0 Å². The Labute approximate surface area is 142 Å². The molecule has 0 spiro atoms. The van der Waals surface area contributed by atoms with Crippen molar-refractivity contribution in [2.45, 2.75) is 20.3 Å². The first kappa shape index (κ1) is 18.2. The van der Waals surface area contributed by atoms with Crippen LogP contribution in [0.5, 0.6) is 0 Å². The van der Waals surface area contributed by atoms with Crippen molar-refractivity contribution in [2.24, 2.45) is 11.8 Å². The predicted octanol–water partition coefficient (Wildman–Crippen LogP) is 2.10. The van der Waals surface area contributed by atoms with Gasteiger partial charge < -0.3 is 10.6 Å². The van der Waals surface area contributed by atoms with Crippen LogP contribution in [0.1, 0.15) is 20.3 Å². The number of rotatable bonds is 7. The number of nitrogens with one attached hydrogen (secondary N) is 2. The van der Waals surface area contributed by atoms with Crippen molar-refractivity contribution in [3.63, 3.8) is 0 Å². The maximum Gasteiger partial charge on any atom is 0.269 e. The van der Waals surface area contributed by atoms with E-state index in [2.05, 4.69) is 29.4 Å². The lowest BCUT2D eigenvalue weighted by atomic mass is 9.92. The molecule has 2 atom stereocenters. The SMILES string of the molecule is C[C@H]1C[C@H](C)CN(CC(=O)NCCNc2ccc([N+](=O)[O-])cc2)C1. The van der Waals surface area contributed by atoms with Crippen LogP contribution in [-0.2, 0) is 4.79 Å². The summed E-state index contributed by atoms with van der Waals surface area (Å²) in [6.45, 7) is 7.98. The number of carbonyl (C=O) groups is 1. The highest BCUT2D eigenvalue weighted by atomic mass is 16.6. The first-order chi connectivity index (χ1) is 11.4. The van der Waals surface area contributed by atoms with Crippen molar-refractivity contribution in [3.8, 4) is 0 Å². The van der Waals surface area contributed by atoms with Gasteiger partial charge in [-0.25, -0.2) is 0 Å². The minimum absolute atomic E-state index is 0.0433. The fourth-order valence-electron chi connectivity index (χ4n) is 3.29. The second kappa shape index (κ2) is 8.63. The number of nitro benzene ring substituents is 1. The van der Waals surface area contributed by atoms with Gasteiger partial charge in [0.25, 0.3) is 5.69 Å². The Morgan fingerprint density at radius 1 is 1.21 bits per heavy atom. The topological polar surface area (TPSA) is 87.5 Å². The smallest absolute Gasteiger partial charge is 0.269 e. The number of likely N-dealkylation sites (tertiary alicyclic amines) is 1. The minimum Gasteiger partial charge on any atom is -0.383 e. The highest BCUT2D eigenvalue weighted by Crippen LogP contribution is 2.20. The molecule has 132 valence electrons. The van der Waals surface area contributed by atoms with E-state index in [1.54, 1.807) is 12.1 Å². The second-order valence-electron chi connectivity index (χ2n) is 6.72. The Hall–Kier alpha value is -2.15. The quantitative estimate of drug-likeness (QED) is 0.453. The molecule has 0 radical (unpaired) electrons. The molecule has 0 unspecified atom stereocenters. The summed E-state index contributed by atoms with van der Waals surface area (Å²) in [6, 6.07) is 6.24. The van der Waals surface area contributed by atoms with Crippen LogP contribution in [0.3, 0.4) is 0 Å². The zero-order valence-corrected chi connectivity index (χ0v) is 14.3. The van der Waals surface area contributed by atoms with Gasteiger partial charge in [0.05, 0.1) is 11.5 Å². The van der Waals surface area contributed by atoms with Crippen LogP contribution in [0.25, 0.3) is 0 Å². The van der Waals surface area contributed by atoms with Gasteiger partial charge >= 0.3 is 0 Å². The number of nitrogens with zero attached hydrogens (tertiary/aromatic N) is 2. The van der Waals surface area contributed by atoms with Crippen molar-refractivity contribution < 1.29 is 9.72 Å². The van der Waals surface area contributed by atoms with Gasteiger partial charge in [0.15, 0.2) is 0 Å². The van der Waals surface area contributed by atoms with Gasteiger partial charge in [0, 0.05) is 44.0 Å². The monoisotopic (exact) mass is 334 g/mol. The van der Waals surface area contributed by atoms with Gasteiger partial charge in [-0.2, -0.15) is 0 Å². The van der Waals surface area contributed by atoms with Crippen molar-refractivity contribution in [1.82, 2.24) is 10.2 Å². The Morgan fingerprint density at radius 3 is 2.42 bits per heavy atom. The normalized spacial score (nSPS) is 21.2. The van der Waals surface area contributed by atoms with E-state index in [0.29, 0.717) is 31.5 Å². The third-order valence-corrected chi connectivity index (χ3v) is 4.17. The van der Waals surface area contributed by atoms with E-state index in [9.17, 15) is 14.9 Å². The molecule has 0 bridgehead atoms. The van der Waals surface area contributed by atoms with E-state index in [4.69, 9.17) is 0 Å². The fraction of sp³-hybridized carbons (Fsp3) is 0.588. The lowest BCUT2D eigenvalue weighted by molar-refractivity contribution is -0.384. The number of anilines is 1. The van der Waals surface area contributed by atoms with Gasteiger partial charge in [-0.15, -0.1) is 0 Å². The van der Waals surface area contributed by atoms with E-state index >= 15 is 0 Å². The van der Waals surface area contributed by atoms with Crippen molar-refractivity contribution >= 4 is 17.3 Å². The maximum absolute atomic E-state index is 12.0. The Kier molecular flexibility index (Phi) is 6.54. The van der Waals surface area contributed by atoms with Crippen LogP contribution in [0, 0.1) is 22.0 Å². The van der Waals surface area contributed by atoms with Gasteiger partial charge in [0.2, 0.25) is 5.91 Å². The molecule has 1 aromatic rings. The zero-order chi connectivity index (χ0) is 17.5. The standard InChI is InChI=1S/C17H26N4O3/c1-13-9-14(2)11-20(10-13)12-17(22)19-8-7-18-15-3-5-16(6-4-15)21(23)24/h3-6,13-14,18H,7-12H2,1-2H3,(H,19,22)/t13-,14-/m0/s1. The summed E-state index contributed by atoms with van der Waals surface area (Å²) in [7, 11) is 0. The maximum atomic E-state index is 12.0. The Balaban J connectivity index is 1.64. The molecule has 7 heteroatoms. The summed E-state index contributed by atoms with van der Waals surface area (Å²) in [4.78, 5) is 24.4. The average molecular weight is 334 g/mol. The van der Waals surface area contributed by atoms with Crippen LogP contribution in [0.4, 0.5) is 11.4 Å². The molecule has 1 fully saturated rings. The number of benzene rings is 1. The summed E-state index contributed by atoms with van der Waals surface area (Å²) in [5.74, 6) is 1.33. The van der Waals surface area contributed by atoms with Crippen molar-refractivity contribution in [3.05, 3.63) is 34.4 Å². The zero-order valence-electron chi connectivity index (χ0n) is 14.3. The van der Waals surface area contributed by atoms with Gasteiger partial charge in [0.1, 0.15) is 0 Å². The lowest BCUT2D eigenvalue weighted by Gasteiger charge is -2.34. The largest absolute Gasteiger partial charge is 0.383 e. The van der Waals surface area contributed by atoms with Crippen LogP contribution in [0.15, 0.2) is 24.3 Å². The summed E-state index contributed by atoms with van der Waals surface area (Å²) >= 11 is 0. The Bertz CT molecular complexity index is 551. The molecule has 0 aromatic heterocycles. The molecular weight excluding hydrogens is 308 g/mol. The molecule has 24 heavy (non-hydrogen) atoms. The molecule has 1 saturated heterocycles. The number of piperidine rings is 1. The number of amides is 1. The molecule has 1 aliphatic heterocycles. The van der Waals surface area contributed by atoms with Crippen molar-refractivity contribution in [2.75, 3.05) is 38.0 Å². The molecule has 0 aliphatic carbocycles. The molecule has 7 nitrogen and oxygen atoms in total. The second-order valence-corrected chi connectivity index (χ2v) is 6.72. The number of hydrogen-bond acceptors (Lipinski definition) is 5. The van der Waals surface area contributed by atoms with E-state index < -0.39 is 4.92 Å². The number of nitro groups is 1. The van der Waals surface area contributed by atoms with Crippen LogP contribution in [0.2, 0.25) is 0 Å². The molecule has 1 heterocycles. The number of hydrogen-bond donors (Lipinski definition) is 2. The predicted molar refractivity (Wildman–Crippen MR) is 94.0 cm³/mol. The first-order valence-corrected chi connectivity index (χ1v) is 8.41. The molecular formula is C17H26N4O3. The third kappa shape index (κ3) is 5.81. The molecule has 2 N–H and O–H groups in total. The van der Waals surface area contributed by atoms with Gasteiger partial charge in [-0.3, -0.25) is 19.8 Å². The third-order valence-electron chi connectivity index (χ3n) is 4.17. The molecule has 2 rings (SSSR count). The molecule has 1 aliphatic rings. The summed E-state index contributed by atoms with van der Waals surface area (Å²) in [6.07, 6.45) is 1.23. The first-order valence-electron chi connectivity index (χ1n) is 8.41. The van der Waals surface area contributed by atoms with E-state index in [0.717, 1.165) is 18.8 Å². The summed E-state index contributed by atoms with van der Waals surface area (Å²) in [5, 5.41) is 16.6. The lowest BCUT2D eigenvalue weighted by Crippen LogP contribution is -2.45. The fourth-order valence-corrected chi connectivity index (χ4v) is 3.29. The van der Waals surface area contributed by atoms with Crippen LogP contribution in [-0.4, -0.2) is 48.5 Å². The van der Waals surface area contributed by atoms with Gasteiger partial charge in [-0.05, 0) is 30.4 Å². The van der Waals surface area contributed by atoms with Crippen LogP contribution >= 0.6 is 0 Å². The average Bonchev–Trinajstić information content (AvgIpc) is 2.51. The van der Waals surface area contributed by atoms with Gasteiger partial charge in [-0.1, -0.05) is 13.8 Å². The number of non-ortho nitro benzene ring substituents is 1. The highest BCUT2D eigenvalue weighted by Gasteiger charge is 2.22. The molecule has 1 aromatic carbocycles. The van der Waals surface area contributed by atoms with E-state index in [-0.39, 0.29) is 11.6 Å². The molecule has 0 saturated carbocycles. The molecule has 1 amide bonds. The van der Waals surface area contributed by atoms with Crippen LogP contribution < -0.4 is 10.6 Å². The Morgan fingerprint density at radius 2 is 1.83 bits per heavy atom. The highest BCUT2D eigenvalue weighted by molar-refractivity contribution is 5.78. The van der Waals surface area contributed by atoms with E-state index in [1.165, 1.54) is 18.6 Å². The minimum atomic E-state index is -0.424. The summed E-state index contributed by atoms with van der Waals surface area (Å²) in [5.41, 5.74) is 0.868. The summed E-state index contributed by atoms with van der Waals surface area (Å²) < 4.78 is 0. The van der Waals surface area contributed by atoms with E-state index in [1.807, 2.05) is 0 Å². The number of carbonyl (C=O) groups excluding carboxylic acids is 1.